The summed E-state index contributed by atoms with van der Waals surface area (Å²) in [5.41, 5.74) is 0.971. The first-order valence-electron chi connectivity index (χ1n) is 8.77. The van der Waals surface area contributed by atoms with E-state index < -0.39 is 15.9 Å². The van der Waals surface area contributed by atoms with Gasteiger partial charge in [0.2, 0.25) is 9.47 Å². The lowest BCUT2D eigenvalue weighted by Crippen LogP contribution is -2.26. The van der Waals surface area contributed by atoms with Gasteiger partial charge < -0.3 is 0 Å². The molecule has 0 aliphatic heterocycles. The Morgan fingerprint density at radius 1 is 1.03 bits per heavy atom. The van der Waals surface area contributed by atoms with Gasteiger partial charge in [-0.1, -0.05) is 63.8 Å². The third-order valence-electron chi connectivity index (χ3n) is 3.88. The van der Waals surface area contributed by atoms with Gasteiger partial charge >= 0.3 is 0 Å². The summed E-state index contributed by atoms with van der Waals surface area (Å²) in [5, 5.41) is 11.5. The Balaban J connectivity index is 1.52. The molecule has 0 aliphatic carbocycles. The summed E-state index contributed by atoms with van der Waals surface area (Å²) in [6.45, 7) is 0.163. The lowest BCUT2D eigenvalue weighted by molar-refractivity contribution is 0.102. The minimum atomic E-state index is -3.88. The van der Waals surface area contributed by atoms with Gasteiger partial charge in [-0.05, 0) is 35.9 Å². The Bertz CT molecular complexity index is 1220. The molecule has 14 heteroatoms. The van der Waals surface area contributed by atoms with E-state index in [2.05, 4.69) is 20.2 Å². The quantitative estimate of drug-likeness (QED) is 0.255. The van der Waals surface area contributed by atoms with E-state index >= 15 is 0 Å². The number of aromatic nitrogens is 2. The summed E-state index contributed by atoms with van der Waals surface area (Å²) in [6, 6.07) is 9.65. The minimum Gasteiger partial charge on any atom is -0.296 e. The molecular weight excluding hydrogens is 558 g/mol. The zero-order valence-corrected chi connectivity index (χ0v) is 21.4. The molecule has 0 saturated heterocycles. The fraction of sp³-hybridized carbons (Fsp3) is 0.167. The van der Waals surface area contributed by atoms with Crippen LogP contribution in [0.15, 0.2) is 40.7 Å². The summed E-state index contributed by atoms with van der Waals surface area (Å²) in [4.78, 5) is 12.3. The molecule has 170 valence electrons. The first-order chi connectivity index (χ1) is 15.2. The maximum Gasteiger partial charge on any atom is 0.269 e. The van der Waals surface area contributed by atoms with Gasteiger partial charge in [0.15, 0.2) is 0 Å². The van der Waals surface area contributed by atoms with Gasteiger partial charge in [0.25, 0.3) is 15.9 Å². The van der Waals surface area contributed by atoms with Crippen LogP contribution in [-0.2, 0) is 15.8 Å². The van der Waals surface area contributed by atoms with Crippen LogP contribution in [0.5, 0.6) is 0 Å². The normalized spacial score (nSPS) is 11.5. The minimum absolute atomic E-state index is 0.0177. The number of thioether (sulfide) groups is 1. The Hall–Kier alpha value is -1.11. The number of nitrogens with one attached hydrogen (secondary N) is 2. The van der Waals surface area contributed by atoms with Gasteiger partial charge in [0, 0.05) is 33.1 Å². The van der Waals surface area contributed by atoms with E-state index in [1.54, 1.807) is 18.2 Å². The number of nitrogens with zero attached hydrogens (tertiary/aromatic N) is 2. The molecule has 0 aliphatic rings. The highest BCUT2D eigenvalue weighted by Crippen LogP contribution is 2.28. The Labute approximate surface area is 212 Å². The average Bonchev–Trinajstić information content (AvgIpc) is 3.19. The second-order valence-corrected chi connectivity index (χ2v) is 11.8. The van der Waals surface area contributed by atoms with Crippen molar-refractivity contribution < 1.29 is 13.2 Å². The summed E-state index contributed by atoms with van der Waals surface area (Å²) < 4.78 is 27.0. The predicted molar refractivity (Wildman–Crippen MR) is 132 cm³/mol. The van der Waals surface area contributed by atoms with Gasteiger partial charge in [-0.2, -0.15) is 11.8 Å². The Kier molecular flexibility index (Phi) is 9.05. The highest BCUT2D eigenvalue weighted by molar-refractivity contribution is 7.98. The molecule has 3 aromatic rings. The standard InChI is InChI=1S/C18H14Cl4N4O3S3/c19-10-4-5-11(15(22)8-10)16(27)24-17-25-26-18(31-17)32(28,29)23-6-7-30-9-12-13(20)2-1-3-14(12)21/h1-5,8,23H,6-7,9H2,(H,24,25,27). The lowest BCUT2D eigenvalue weighted by Gasteiger charge is -2.07. The molecule has 0 radical (unpaired) electrons. The summed E-state index contributed by atoms with van der Waals surface area (Å²) >= 11 is 26.3. The molecule has 3 rings (SSSR count). The molecule has 0 fully saturated rings. The fourth-order valence-corrected chi connectivity index (χ4v) is 6.55. The van der Waals surface area contributed by atoms with Crippen molar-refractivity contribution in [3.8, 4) is 0 Å². The van der Waals surface area contributed by atoms with Crippen molar-refractivity contribution in [2.75, 3.05) is 17.6 Å². The number of anilines is 1. The maximum atomic E-state index is 12.4. The average molecular weight is 572 g/mol. The van der Waals surface area contributed by atoms with Crippen molar-refractivity contribution in [1.82, 2.24) is 14.9 Å². The van der Waals surface area contributed by atoms with Crippen molar-refractivity contribution in [2.24, 2.45) is 0 Å². The van der Waals surface area contributed by atoms with E-state index in [4.69, 9.17) is 46.4 Å². The number of hydrogen-bond acceptors (Lipinski definition) is 7. The first-order valence-corrected chi connectivity index (χ1v) is 13.7. The van der Waals surface area contributed by atoms with Crippen molar-refractivity contribution in [2.45, 2.75) is 10.1 Å². The zero-order valence-electron chi connectivity index (χ0n) is 15.9. The number of hydrogen-bond donors (Lipinski definition) is 2. The Morgan fingerprint density at radius 3 is 2.44 bits per heavy atom. The highest BCUT2D eigenvalue weighted by atomic mass is 35.5. The molecule has 2 aromatic carbocycles. The van der Waals surface area contributed by atoms with Crippen LogP contribution in [0.1, 0.15) is 15.9 Å². The SMILES string of the molecule is O=C(Nc1nnc(S(=O)(=O)NCCSCc2c(Cl)cccc2Cl)s1)c1ccc(Cl)cc1Cl. The van der Waals surface area contributed by atoms with Crippen LogP contribution in [0.4, 0.5) is 5.13 Å². The van der Waals surface area contributed by atoms with E-state index in [9.17, 15) is 13.2 Å². The van der Waals surface area contributed by atoms with Crippen LogP contribution >= 0.6 is 69.5 Å². The molecule has 0 atom stereocenters. The van der Waals surface area contributed by atoms with Crippen LogP contribution in [0.3, 0.4) is 0 Å². The number of benzene rings is 2. The number of carbonyl (C=O) groups excluding carboxylic acids is 1. The molecule has 7 nitrogen and oxygen atoms in total. The predicted octanol–water partition coefficient (Wildman–Crippen LogP) is 5.62. The van der Waals surface area contributed by atoms with Gasteiger partial charge in [-0.3, -0.25) is 10.1 Å². The number of rotatable bonds is 9. The number of carbonyl (C=O) groups is 1. The largest absolute Gasteiger partial charge is 0.296 e. The molecule has 1 amide bonds. The second-order valence-electron chi connectivity index (χ2n) is 6.10. The van der Waals surface area contributed by atoms with Crippen LogP contribution < -0.4 is 10.0 Å². The second kappa shape index (κ2) is 11.3. The Morgan fingerprint density at radius 2 is 1.75 bits per heavy atom. The molecule has 1 heterocycles. The van der Waals surface area contributed by atoms with Gasteiger partial charge in [-0.15, -0.1) is 10.2 Å². The van der Waals surface area contributed by atoms with E-state index in [1.165, 1.54) is 30.0 Å². The molecule has 0 unspecified atom stereocenters. The first kappa shape index (κ1) is 25.5. The van der Waals surface area contributed by atoms with Gasteiger partial charge in [-0.25, -0.2) is 13.1 Å². The smallest absolute Gasteiger partial charge is 0.269 e. The number of halogens is 4. The van der Waals surface area contributed by atoms with Crippen molar-refractivity contribution in [3.63, 3.8) is 0 Å². The highest BCUT2D eigenvalue weighted by Gasteiger charge is 2.21. The van der Waals surface area contributed by atoms with Crippen molar-refractivity contribution in [3.05, 3.63) is 67.6 Å². The van der Waals surface area contributed by atoms with E-state index in [-0.39, 0.29) is 26.6 Å². The van der Waals surface area contributed by atoms with E-state index in [0.717, 1.165) is 16.9 Å². The fourth-order valence-electron chi connectivity index (χ4n) is 2.36. The molecule has 0 spiro atoms. The molecular formula is C18H14Cl4N4O3S3. The van der Waals surface area contributed by atoms with Crippen LogP contribution in [0, 0.1) is 0 Å². The maximum absolute atomic E-state index is 12.4. The number of amides is 1. The van der Waals surface area contributed by atoms with Crippen LogP contribution in [-0.4, -0.2) is 36.8 Å². The summed E-state index contributed by atoms with van der Waals surface area (Å²) in [7, 11) is -3.88. The van der Waals surface area contributed by atoms with Crippen LogP contribution in [0.2, 0.25) is 20.1 Å². The monoisotopic (exact) mass is 570 g/mol. The van der Waals surface area contributed by atoms with E-state index in [0.29, 0.717) is 26.6 Å². The molecule has 0 saturated carbocycles. The summed E-state index contributed by atoms with van der Waals surface area (Å²) in [6.07, 6.45) is 0. The molecule has 0 bridgehead atoms. The summed E-state index contributed by atoms with van der Waals surface area (Å²) in [5.74, 6) is 0.468. The molecule has 2 N–H and O–H groups in total. The lowest BCUT2D eigenvalue weighted by atomic mass is 10.2. The van der Waals surface area contributed by atoms with Crippen molar-refractivity contribution >= 4 is 90.6 Å². The van der Waals surface area contributed by atoms with Gasteiger partial charge in [0.1, 0.15) is 0 Å². The molecule has 1 aromatic heterocycles. The van der Waals surface area contributed by atoms with E-state index in [1.807, 2.05) is 0 Å². The van der Waals surface area contributed by atoms with Crippen LogP contribution in [0.25, 0.3) is 0 Å². The number of sulfonamides is 1. The van der Waals surface area contributed by atoms with Gasteiger partial charge in [0.05, 0.1) is 10.6 Å². The third kappa shape index (κ3) is 6.71. The van der Waals surface area contributed by atoms with Crippen molar-refractivity contribution in [1.29, 1.82) is 0 Å². The molecule has 32 heavy (non-hydrogen) atoms. The third-order valence-corrected chi connectivity index (χ3v) is 8.79. The zero-order chi connectivity index (χ0) is 23.3. The topological polar surface area (TPSA) is 101 Å².